The Morgan fingerprint density at radius 3 is 2.77 bits per heavy atom. The maximum absolute atomic E-state index is 6.05. The molecule has 0 aliphatic carbocycles. The molecule has 1 atom stereocenters. The van der Waals surface area contributed by atoms with Crippen molar-refractivity contribution in [3.63, 3.8) is 0 Å². The predicted octanol–water partition coefficient (Wildman–Crippen LogP) is 2.15. The summed E-state index contributed by atoms with van der Waals surface area (Å²) in [5.74, 6) is 1.24. The molecule has 1 rings (SSSR count). The van der Waals surface area contributed by atoms with E-state index in [2.05, 4.69) is 29.1 Å². The summed E-state index contributed by atoms with van der Waals surface area (Å²) in [4.78, 5) is 8.02. The summed E-state index contributed by atoms with van der Waals surface area (Å²) in [5, 5.41) is 3.25. The van der Waals surface area contributed by atoms with Crippen LogP contribution >= 0.6 is 11.6 Å². The SMILES string of the molecule is CC(C)C(Cl)CNc1cnccn1. The molecule has 0 amide bonds. The van der Waals surface area contributed by atoms with Crippen LogP contribution in [0.25, 0.3) is 0 Å². The molecule has 0 bridgehead atoms. The van der Waals surface area contributed by atoms with Gasteiger partial charge in [-0.1, -0.05) is 13.8 Å². The first-order valence-corrected chi connectivity index (χ1v) is 4.77. The molecule has 13 heavy (non-hydrogen) atoms. The van der Waals surface area contributed by atoms with Crippen molar-refractivity contribution in [2.24, 2.45) is 5.92 Å². The summed E-state index contributed by atoms with van der Waals surface area (Å²) in [6.07, 6.45) is 4.98. The quantitative estimate of drug-likeness (QED) is 0.756. The number of alkyl halides is 1. The summed E-state index contributed by atoms with van der Waals surface area (Å²) in [5.41, 5.74) is 0. The number of nitrogens with zero attached hydrogens (tertiary/aromatic N) is 2. The molecule has 0 aliphatic heterocycles. The molecule has 72 valence electrons. The summed E-state index contributed by atoms with van der Waals surface area (Å²) in [6, 6.07) is 0. The Hall–Kier alpha value is -0.830. The van der Waals surface area contributed by atoms with Crippen molar-refractivity contribution < 1.29 is 0 Å². The molecule has 0 saturated heterocycles. The normalized spacial score (nSPS) is 12.9. The van der Waals surface area contributed by atoms with Crippen molar-refractivity contribution in [3.05, 3.63) is 18.6 Å². The smallest absolute Gasteiger partial charge is 0.144 e. The van der Waals surface area contributed by atoms with Crippen LogP contribution in [0, 0.1) is 5.92 Å². The van der Waals surface area contributed by atoms with E-state index < -0.39 is 0 Å². The fraction of sp³-hybridized carbons (Fsp3) is 0.556. The Bertz CT molecular complexity index is 238. The molecular weight excluding hydrogens is 186 g/mol. The first-order chi connectivity index (χ1) is 6.20. The molecule has 3 nitrogen and oxygen atoms in total. The van der Waals surface area contributed by atoms with Crippen molar-refractivity contribution in [3.8, 4) is 0 Å². The van der Waals surface area contributed by atoms with Crippen LogP contribution in [0.15, 0.2) is 18.6 Å². The van der Waals surface area contributed by atoms with E-state index in [9.17, 15) is 0 Å². The van der Waals surface area contributed by atoms with E-state index in [-0.39, 0.29) is 5.38 Å². The number of aromatic nitrogens is 2. The highest BCUT2D eigenvalue weighted by atomic mass is 35.5. The standard InChI is InChI=1S/C9H14ClN3/c1-7(2)8(10)5-13-9-6-11-3-4-12-9/h3-4,6-8H,5H2,1-2H3,(H,12,13). The summed E-state index contributed by atoms with van der Waals surface area (Å²) in [7, 11) is 0. The van der Waals surface area contributed by atoms with Gasteiger partial charge in [0.15, 0.2) is 0 Å². The van der Waals surface area contributed by atoms with Gasteiger partial charge in [0.25, 0.3) is 0 Å². The van der Waals surface area contributed by atoms with Crippen LogP contribution in [0.3, 0.4) is 0 Å². The minimum absolute atomic E-state index is 0.127. The molecule has 0 saturated carbocycles. The number of halogens is 1. The van der Waals surface area contributed by atoms with Crippen molar-refractivity contribution in [1.82, 2.24) is 9.97 Å². The zero-order valence-electron chi connectivity index (χ0n) is 7.87. The zero-order valence-corrected chi connectivity index (χ0v) is 8.62. The van der Waals surface area contributed by atoms with Gasteiger partial charge in [0.1, 0.15) is 5.82 Å². The lowest BCUT2D eigenvalue weighted by molar-refractivity contribution is 0.615. The van der Waals surface area contributed by atoms with E-state index >= 15 is 0 Å². The van der Waals surface area contributed by atoms with Gasteiger partial charge in [-0.2, -0.15) is 0 Å². The average Bonchev–Trinajstić information content (AvgIpc) is 2.15. The summed E-state index contributed by atoms with van der Waals surface area (Å²) >= 11 is 6.05. The minimum atomic E-state index is 0.127. The highest BCUT2D eigenvalue weighted by Crippen LogP contribution is 2.09. The lowest BCUT2D eigenvalue weighted by atomic mass is 10.1. The Kier molecular flexibility index (Phi) is 3.96. The van der Waals surface area contributed by atoms with Crippen molar-refractivity contribution in [2.75, 3.05) is 11.9 Å². The Morgan fingerprint density at radius 1 is 1.46 bits per heavy atom. The zero-order chi connectivity index (χ0) is 9.68. The third-order valence-electron chi connectivity index (χ3n) is 1.76. The number of hydrogen-bond acceptors (Lipinski definition) is 3. The fourth-order valence-corrected chi connectivity index (χ4v) is 0.905. The topological polar surface area (TPSA) is 37.8 Å². The van der Waals surface area contributed by atoms with Gasteiger partial charge in [-0.05, 0) is 5.92 Å². The van der Waals surface area contributed by atoms with Crippen LogP contribution in [-0.2, 0) is 0 Å². The molecule has 4 heteroatoms. The van der Waals surface area contributed by atoms with Crippen LogP contribution in [-0.4, -0.2) is 21.9 Å². The Balaban J connectivity index is 2.35. The van der Waals surface area contributed by atoms with E-state index in [0.717, 1.165) is 12.4 Å². The fourth-order valence-electron chi connectivity index (χ4n) is 0.828. The molecule has 0 spiro atoms. The van der Waals surface area contributed by atoms with Gasteiger partial charge in [-0.3, -0.25) is 4.98 Å². The Morgan fingerprint density at radius 2 is 2.23 bits per heavy atom. The predicted molar refractivity (Wildman–Crippen MR) is 55.0 cm³/mol. The van der Waals surface area contributed by atoms with E-state index in [1.807, 2.05) is 0 Å². The third-order valence-corrected chi connectivity index (χ3v) is 2.42. The molecule has 1 aromatic rings. The number of rotatable bonds is 4. The van der Waals surface area contributed by atoms with Gasteiger partial charge in [0.2, 0.25) is 0 Å². The van der Waals surface area contributed by atoms with Crippen LogP contribution in [0.4, 0.5) is 5.82 Å². The molecule has 0 aliphatic rings. The van der Waals surface area contributed by atoms with Gasteiger partial charge in [-0.15, -0.1) is 11.6 Å². The Labute approximate surface area is 83.5 Å². The van der Waals surface area contributed by atoms with Gasteiger partial charge >= 0.3 is 0 Å². The molecule has 1 aromatic heterocycles. The van der Waals surface area contributed by atoms with Gasteiger partial charge < -0.3 is 5.32 Å². The molecule has 1 heterocycles. The van der Waals surface area contributed by atoms with Crippen LogP contribution in [0.1, 0.15) is 13.8 Å². The highest BCUT2D eigenvalue weighted by molar-refractivity contribution is 6.21. The van der Waals surface area contributed by atoms with E-state index in [1.54, 1.807) is 18.6 Å². The monoisotopic (exact) mass is 199 g/mol. The van der Waals surface area contributed by atoms with Gasteiger partial charge in [0, 0.05) is 18.9 Å². The average molecular weight is 200 g/mol. The largest absolute Gasteiger partial charge is 0.367 e. The summed E-state index contributed by atoms with van der Waals surface area (Å²) in [6.45, 7) is 4.91. The first kappa shape index (κ1) is 10.3. The molecule has 1 unspecified atom stereocenters. The van der Waals surface area contributed by atoms with Crippen LogP contribution < -0.4 is 5.32 Å². The first-order valence-electron chi connectivity index (χ1n) is 4.34. The minimum Gasteiger partial charge on any atom is -0.367 e. The molecule has 0 fully saturated rings. The lowest BCUT2D eigenvalue weighted by Gasteiger charge is -2.13. The molecule has 0 radical (unpaired) electrons. The maximum atomic E-state index is 6.05. The molecular formula is C9H14ClN3. The second-order valence-electron chi connectivity index (χ2n) is 3.23. The third kappa shape index (κ3) is 3.59. The van der Waals surface area contributed by atoms with Crippen molar-refractivity contribution in [1.29, 1.82) is 0 Å². The highest BCUT2D eigenvalue weighted by Gasteiger charge is 2.08. The lowest BCUT2D eigenvalue weighted by Crippen LogP contribution is -2.19. The molecule has 0 aromatic carbocycles. The number of anilines is 1. The second kappa shape index (κ2) is 5.02. The van der Waals surface area contributed by atoms with Gasteiger partial charge in [-0.25, -0.2) is 4.98 Å². The van der Waals surface area contributed by atoms with Crippen molar-refractivity contribution >= 4 is 17.4 Å². The maximum Gasteiger partial charge on any atom is 0.144 e. The summed E-state index contributed by atoms with van der Waals surface area (Å²) < 4.78 is 0. The van der Waals surface area contributed by atoms with E-state index in [4.69, 9.17) is 11.6 Å². The van der Waals surface area contributed by atoms with Crippen LogP contribution in [0.5, 0.6) is 0 Å². The number of hydrogen-bond donors (Lipinski definition) is 1. The number of nitrogens with one attached hydrogen (secondary N) is 1. The van der Waals surface area contributed by atoms with Crippen molar-refractivity contribution in [2.45, 2.75) is 19.2 Å². The van der Waals surface area contributed by atoms with E-state index in [1.165, 1.54) is 0 Å². The second-order valence-corrected chi connectivity index (χ2v) is 3.79. The van der Waals surface area contributed by atoms with Crippen LogP contribution in [0.2, 0.25) is 0 Å². The van der Waals surface area contributed by atoms with Gasteiger partial charge in [0.05, 0.1) is 11.6 Å². The van der Waals surface area contributed by atoms with E-state index in [0.29, 0.717) is 5.92 Å². The molecule has 1 N–H and O–H groups in total.